The van der Waals surface area contributed by atoms with Crippen LogP contribution in [0, 0.1) is 48.5 Å². The van der Waals surface area contributed by atoms with Gasteiger partial charge in [0.2, 0.25) is 9.23 Å². The van der Waals surface area contributed by atoms with Crippen molar-refractivity contribution in [2.45, 2.75) is 229 Å². The van der Waals surface area contributed by atoms with Crippen molar-refractivity contribution >= 4 is 201 Å². The van der Waals surface area contributed by atoms with Crippen LogP contribution in [-0.4, -0.2) is 83.7 Å². The minimum absolute atomic E-state index is 0. The molecular formula is C92H117B3Br2Cl3N8NaO5S9. The molecule has 4 radical (unpaired) electrons. The van der Waals surface area contributed by atoms with Gasteiger partial charge in [0, 0.05) is 95.7 Å². The molecule has 13 aromatic rings. The summed E-state index contributed by atoms with van der Waals surface area (Å²) in [6.07, 6.45) is 12.9. The van der Waals surface area contributed by atoms with E-state index in [2.05, 4.69) is 280 Å². The van der Waals surface area contributed by atoms with Crippen molar-refractivity contribution in [1.29, 1.82) is 0 Å². The summed E-state index contributed by atoms with van der Waals surface area (Å²) in [5, 5.41) is 39.3. The number of halogens is 5. The van der Waals surface area contributed by atoms with Crippen molar-refractivity contribution in [3.8, 4) is 52.9 Å². The van der Waals surface area contributed by atoms with Gasteiger partial charge in [0.15, 0.2) is 10.2 Å². The van der Waals surface area contributed by atoms with E-state index in [0.717, 1.165) is 172 Å². The van der Waals surface area contributed by atoms with Crippen LogP contribution in [0.3, 0.4) is 0 Å². The van der Waals surface area contributed by atoms with Gasteiger partial charge < -0.3 is 16.6 Å². The number of aromatic nitrogens is 7. The van der Waals surface area contributed by atoms with Crippen LogP contribution in [0.1, 0.15) is 218 Å². The molecular weight excluding hydrogens is 1910 g/mol. The summed E-state index contributed by atoms with van der Waals surface area (Å²) in [6, 6.07) is 38.4. The Morgan fingerprint density at radius 1 is 0.463 bits per heavy atom. The monoisotopic (exact) mass is 2020 g/mol. The summed E-state index contributed by atoms with van der Waals surface area (Å²) in [7, 11) is 10.4. The third-order valence-electron chi connectivity index (χ3n) is 18.9. The Balaban J connectivity index is 0.00000139. The fourth-order valence-corrected chi connectivity index (χ4v) is 20.1. The number of aldehydes is 1. The molecule has 0 aliphatic rings. The molecule has 654 valence electrons. The summed E-state index contributed by atoms with van der Waals surface area (Å²) in [6.45, 7) is 39.9. The zero-order chi connectivity index (χ0) is 89.1. The zero-order valence-electron chi connectivity index (χ0n) is 74.7. The molecule has 7 aromatic heterocycles. The number of thiazole rings is 7. The molecule has 123 heavy (non-hydrogen) atoms. The predicted molar refractivity (Wildman–Crippen MR) is 551 cm³/mol. The van der Waals surface area contributed by atoms with Crippen LogP contribution >= 0.6 is 157 Å². The van der Waals surface area contributed by atoms with E-state index in [1.165, 1.54) is 105 Å². The van der Waals surface area contributed by atoms with Crippen molar-refractivity contribution in [1.82, 2.24) is 34.9 Å². The Morgan fingerprint density at radius 2 is 0.756 bits per heavy atom. The van der Waals surface area contributed by atoms with E-state index in [-0.39, 0.29) is 53.4 Å². The topological polar surface area (TPSA) is 197 Å². The third kappa shape index (κ3) is 36.8. The van der Waals surface area contributed by atoms with Gasteiger partial charge in [-0.1, -0.05) is 200 Å². The molecule has 13 rings (SSSR count). The van der Waals surface area contributed by atoms with Gasteiger partial charge in [-0.3, -0.25) is 9.78 Å². The van der Waals surface area contributed by atoms with Crippen LogP contribution in [-0.2, 0) is 98.8 Å². The molecule has 3 N–H and O–H groups in total. The molecule has 0 unspecified atom stereocenters. The van der Waals surface area contributed by atoms with Crippen molar-refractivity contribution in [3.05, 3.63) is 260 Å². The number of aryl methyl sites for hydroxylation is 19. The predicted octanol–water partition coefficient (Wildman–Crippen LogP) is 24.8. The molecule has 7 heterocycles. The smallest absolute Gasteiger partial charge is 1.00 e. The second kappa shape index (κ2) is 63.6. The van der Waals surface area contributed by atoms with Gasteiger partial charge in [0.25, 0.3) is 0 Å². The molecule has 0 aliphatic heterocycles. The molecule has 0 bridgehead atoms. The Bertz CT molecular complexity index is 5010. The molecule has 0 spiro atoms. The minimum atomic E-state index is -1.67. The van der Waals surface area contributed by atoms with Gasteiger partial charge in [0.1, 0.15) is 25.0 Å². The maximum atomic E-state index is 11.0. The normalized spacial score (nSPS) is 10.0. The number of nitrogens with zero attached hydrogens (tertiary/aromatic N) is 8. The van der Waals surface area contributed by atoms with Crippen LogP contribution in [0.2, 0.25) is 0 Å². The number of hydrogen-bond donors (Lipinski definition) is 4. The molecule has 31 heteroatoms. The summed E-state index contributed by atoms with van der Waals surface area (Å²) < 4.78 is 13.9. The first kappa shape index (κ1) is 117. The first-order valence-electron chi connectivity index (χ1n) is 39.9. The van der Waals surface area contributed by atoms with Gasteiger partial charge >= 0.3 is 61.4 Å². The second-order valence-electron chi connectivity index (χ2n) is 26.6. The van der Waals surface area contributed by atoms with Crippen molar-refractivity contribution in [2.75, 3.05) is 0 Å². The van der Waals surface area contributed by atoms with Crippen LogP contribution < -0.4 is 35.0 Å². The summed E-state index contributed by atoms with van der Waals surface area (Å²) >= 11 is 27.5. The molecule has 0 saturated carbocycles. The van der Waals surface area contributed by atoms with E-state index < -0.39 is 16.3 Å². The molecule has 13 nitrogen and oxygen atoms in total. The first-order valence-corrected chi connectivity index (χ1v) is 51.2. The Kier molecular flexibility index (Phi) is 60.3. The van der Waals surface area contributed by atoms with Gasteiger partial charge in [-0.15, -0.1) is 91.0 Å². The second-order valence-corrected chi connectivity index (χ2v) is 38.9. The number of rotatable bonds is 21. The number of carbonyl (C=O) groups excluding carboxylic acids is 1. The minimum Gasteiger partial charge on any atom is -1.00 e. The number of thiol groups is 1. The first-order chi connectivity index (χ1) is 57.6. The molecule has 0 atom stereocenters. The molecule has 0 aliphatic carbocycles. The maximum Gasteiger partial charge on any atom is 1.00 e. The Hall–Kier alpha value is -4.40. The van der Waals surface area contributed by atoms with E-state index in [1.807, 2.05) is 89.9 Å². The van der Waals surface area contributed by atoms with Gasteiger partial charge in [0.05, 0.1) is 54.3 Å². The number of hydrogen-bond acceptors (Lipinski definition) is 21. The van der Waals surface area contributed by atoms with E-state index in [4.69, 9.17) is 20.8 Å². The third-order valence-corrected chi connectivity index (χ3v) is 27.9. The van der Waals surface area contributed by atoms with Crippen LogP contribution in [0.15, 0.2) is 143 Å². The maximum absolute atomic E-state index is 11.0. The van der Waals surface area contributed by atoms with E-state index >= 15 is 0 Å². The quantitative estimate of drug-likeness (QED) is 0.0175. The van der Waals surface area contributed by atoms with Gasteiger partial charge in [-0.25, -0.2) is 34.1 Å². The van der Waals surface area contributed by atoms with Crippen LogP contribution in [0.25, 0.3) is 52.9 Å². The molecule has 0 fully saturated rings. The fourth-order valence-electron chi connectivity index (χ4n) is 12.7. The average Bonchev–Trinajstić information content (AvgIpc) is 1.65. The number of carbonyl (C=O) groups is 1. The van der Waals surface area contributed by atoms with Crippen molar-refractivity contribution in [2.24, 2.45) is 4.30 Å². The number of aliphatic hydroxyl groups excluding tert-OH is 1. The molecule has 6 aromatic carbocycles. The van der Waals surface area contributed by atoms with E-state index in [9.17, 15) is 19.9 Å². The molecule has 0 amide bonds. The average molecular weight is 2030 g/mol. The fraction of sp³-hybridized carbons (Fsp3) is 0.370. The number of benzene rings is 6. The zero-order valence-corrected chi connectivity index (χ0v) is 88.6. The Labute approximate surface area is 827 Å². The summed E-state index contributed by atoms with van der Waals surface area (Å²) in [4.78, 5) is 45.0. The largest absolute Gasteiger partial charge is 1.00 e. The number of aliphatic hydroxyl groups is 1. The van der Waals surface area contributed by atoms with Gasteiger partial charge in [-0.2, -0.15) is 0 Å². The summed E-state index contributed by atoms with van der Waals surface area (Å²) in [5.41, 5.74) is 32.0. The summed E-state index contributed by atoms with van der Waals surface area (Å²) in [5.74, 6) is 0.555. The van der Waals surface area contributed by atoms with Crippen molar-refractivity contribution in [3.63, 3.8) is 0 Å². The van der Waals surface area contributed by atoms with E-state index in [0.29, 0.717) is 11.3 Å². The van der Waals surface area contributed by atoms with Crippen LogP contribution in [0.4, 0.5) is 0 Å². The Morgan fingerprint density at radius 3 is 0.967 bits per heavy atom. The van der Waals surface area contributed by atoms with Crippen LogP contribution in [0.5, 0.6) is 0 Å². The van der Waals surface area contributed by atoms with Gasteiger partial charge in [-0.05, 0) is 230 Å². The SMILES string of the molecule is C.CCc1cccc(CC)c1-c1nc(C)c(Br)s1.CCc1cccc(CC)c1-c1nc(C)c(C=O)s1.CCc1cccc(CC)c1-c1nc(C)c(CCl)s1.CCc1cccc(CC)c1-c1nc(C)c(CO)s1.CCc1cccc(CC)c1-c1nc(C)cs1.CCc1cccc(CC)c1B(O)O.Cc1csc(Br)n1.Cc1cscn1.O=S(Cl)Cl.[B].[B]=NS.[H-].[Na+]. The molecule has 0 saturated heterocycles. The standard InChI is InChI=1S/C15H18ClNS.C15H19NOS.C15H17NOS.C14H16BrNS.C14H17NS.C10H15BO2.C4H4BrNS.C4H5NS.CH4.BHNS.B.Cl2OS.Na.H/c1-4-11-7-6-8-12(5-2)14(11)15-17-10(3)13(9-16)18-15;2*1-4-11-7-6-8-12(5-2)14(11)15-16-10(3)13(9-17)18-15;1-4-10-7-6-8-11(5-2)12(10)14-16-9(3)13(15)17-14;1-4-11-7-6-8-12(5-2)13(11)14-15-10(3)9-16-14;1-3-8-6-5-7-9(4-2)10(8)11(12)13;1-3-2-7-4(5)6-3;1-4-2-6-3-5-4;;1-2-3;;1-4(2)3;;/h6-8H,4-5,9H2,1-3H3;6-8,17H,4-5,9H2,1-3H3;6-9H,4-5H2,1-3H3;6-8H,4-5H2,1-3H3;6-9H,4-5H2,1-3H3;5-7,12-13H,3-4H2,1-2H3;2H,1H3;2-3H,1H3;1H4;3H;;;;/q;;;;;;;;;;;;+1;-1. The number of alkyl halides is 1. The van der Waals surface area contributed by atoms with Crippen molar-refractivity contribution < 1.29 is 55.1 Å². The van der Waals surface area contributed by atoms with E-state index in [1.54, 1.807) is 68.0 Å².